The molecule has 0 unspecified atom stereocenters. The van der Waals surface area contributed by atoms with Crippen molar-refractivity contribution in [3.8, 4) is 11.1 Å². The van der Waals surface area contributed by atoms with Gasteiger partial charge < -0.3 is 5.73 Å². The Kier molecular flexibility index (Phi) is 3.35. The van der Waals surface area contributed by atoms with E-state index in [-0.39, 0.29) is 12.3 Å². The lowest BCUT2D eigenvalue weighted by Gasteiger charge is -2.07. The molecule has 2 aromatic carbocycles. The van der Waals surface area contributed by atoms with Gasteiger partial charge in [0.25, 0.3) is 0 Å². The fraction of sp³-hybridized carbons (Fsp3) is 0.133. The van der Waals surface area contributed by atoms with E-state index in [1.807, 2.05) is 30.3 Å². The Labute approximate surface area is 101 Å². The summed E-state index contributed by atoms with van der Waals surface area (Å²) in [4.78, 5) is 11.6. The number of hydrogen-bond acceptors (Lipinski definition) is 2. The Hall–Kier alpha value is -1.93. The molecule has 0 aliphatic carbocycles. The molecule has 2 heteroatoms. The van der Waals surface area contributed by atoms with E-state index in [0.717, 1.165) is 11.1 Å². The quantitative estimate of drug-likeness (QED) is 0.816. The van der Waals surface area contributed by atoms with E-state index >= 15 is 0 Å². The lowest BCUT2D eigenvalue weighted by atomic mass is 9.98. The third kappa shape index (κ3) is 2.43. The van der Waals surface area contributed by atoms with Crippen molar-refractivity contribution in [2.75, 3.05) is 6.54 Å². The van der Waals surface area contributed by atoms with E-state index in [2.05, 4.69) is 19.1 Å². The Morgan fingerprint density at radius 3 is 2.59 bits per heavy atom. The molecule has 2 rings (SSSR count). The predicted octanol–water partition coefficient (Wildman–Crippen LogP) is 2.80. The Morgan fingerprint density at radius 1 is 1.12 bits per heavy atom. The summed E-state index contributed by atoms with van der Waals surface area (Å²) in [5, 5.41) is 0. The molecule has 0 aromatic heterocycles. The van der Waals surface area contributed by atoms with Crippen molar-refractivity contribution in [2.24, 2.45) is 5.73 Å². The zero-order valence-electron chi connectivity index (χ0n) is 9.81. The summed E-state index contributed by atoms with van der Waals surface area (Å²) in [6.45, 7) is 2.12. The average Bonchev–Trinajstić information content (AvgIpc) is 2.38. The summed E-state index contributed by atoms with van der Waals surface area (Å²) < 4.78 is 0. The lowest BCUT2D eigenvalue weighted by molar-refractivity contribution is 0.100. The molecule has 0 aliphatic rings. The fourth-order valence-electron chi connectivity index (χ4n) is 1.87. The maximum Gasteiger partial charge on any atom is 0.176 e. The van der Waals surface area contributed by atoms with E-state index in [1.165, 1.54) is 5.56 Å². The van der Waals surface area contributed by atoms with Gasteiger partial charge in [0, 0.05) is 5.56 Å². The molecule has 0 spiro atoms. The molecular weight excluding hydrogens is 210 g/mol. The van der Waals surface area contributed by atoms with Gasteiger partial charge in [-0.05, 0) is 29.7 Å². The number of carbonyl (C=O) groups is 1. The molecule has 0 fully saturated rings. The highest BCUT2D eigenvalue weighted by atomic mass is 16.1. The molecule has 0 bridgehead atoms. The minimum absolute atomic E-state index is 0.0274. The monoisotopic (exact) mass is 225 g/mol. The third-order valence-corrected chi connectivity index (χ3v) is 2.83. The topological polar surface area (TPSA) is 43.1 Å². The normalized spacial score (nSPS) is 10.2. The summed E-state index contributed by atoms with van der Waals surface area (Å²) in [6, 6.07) is 15.7. The second-order valence-corrected chi connectivity index (χ2v) is 4.02. The first-order valence-electron chi connectivity index (χ1n) is 5.61. The molecule has 2 aromatic rings. The van der Waals surface area contributed by atoms with Crippen LogP contribution in [0.5, 0.6) is 0 Å². The minimum atomic E-state index is -0.0274. The van der Waals surface area contributed by atoms with Gasteiger partial charge in [0.1, 0.15) is 0 Å². The number of carbonyl (C=O) groups excluding carboxylic acids is 1. The average molecular weight is 225 g/mol. The van der Waals surface area contributed by atoms with Crippen LogP contribution >= 0.6 is 0 Å². The molecule has 0 heterocycles. The van der Waals surface area contributed by atoms with Crippen LogP contribution in [-0.4, -0.2) is 12.3 Å². The van der Waals surface area contributed by atoms with Gasteiger partial charge in [0.05, 0.1) is 6.54 Å². The number of ketones is 1. The van der Waals surface area contributed by atoms with Crippen LogP contribution in [0, 0.1) is 6.92 Å². The van der Waals surface area contributed by atoms with Crippen molar-refractivity contribution in [1.82, 2.24) is 0 Å². The summed E-state index contributed by atoms with van der Waals surface area (Å²) in [7, 11) is 0. The van der Waals surface area contributed by atoms with E-state index in [9.17, 15) is 4.79 Å². The molecule has 86 valence electrons. The van der Waals surface area contributed by atoms with Gasteiger partial charge in [-0.15, -0.1) is 0 Å². The number of benzene rings is 2. The van der Waals surface area contributed by atoms with Crippen LogP contribution in [0.15, 0.2) is 48.5 Å². The van der Waals surface area contributed by atoms with E-state index in [0.29, 0.717) is 5.56 Å². The molecule has 2 N–H and O–H groups in total. The Bertz CT molecular complexity index is 546. The van der Waals surface area contributed by atoms with Crippen molar-refractivity contribution in [3.63, 3.8) is 0 Å². The van der Waals surface area contributed by atoms with Gasteiger partial charge in [-0.25, -0.2) is 0 Å². The third-order valence-electron chi connectivity index (χ3n) is 2.83. The number of hydrogen-bond donors (Lipinski definition) is 1. The second kappa shape index (κ2) is 4.93. The summed E-state index contributed by atoms with van der Waals surface area (Å²) in [5.74, 6) is -0.0274. The number of Topliss-reactive ketones (excluding diaryl/α,β-unsaturated/α-hetero) is 1. The first-order chi connectivity index (χ1) is 8.22. The molecule has 17 heavy (non-hydrogen) atoms. The first-order valence-corrected chi connectivity index (χ1v) is 5.61. The van der Waals surface area contributed by atoms with Gasteiger partial charge in [0.15, 0.2) is 5.78 Å². The van der Waals surface area contributed by atoms with Gasteiger partial charge >= 0.3 is 0 Å². The lowest BCUT2D eigenvalue weighted by Crippen LogP contribution is -2.13. The molecule has 0 amide bonds. The fourth-order valence-corrected chi connectivity index (χ4v) is 1.87. The maximum atomic E-state index is 11.6. The molecule has 0 atom stereocenters. The highest BCUT2D eigenvalue weighted by Crippen LogP contribution is 2.23. The van der Waals surface area contributed by atoms with Crippen molar-refractivity contribution in [2.45, 2.75) is 6.92 Å². The molecule has 0 aliphatic heterocycles. The van der Waals surface area contributed by atoms with Crippen LogP contribution in [0.3, 0.4) is 0 Å². The molecule has 2 nitrogen and oxygen atoms in total. The number of rotatable bonds is 3. The van der Waals surface area contributed by atoms with E-state index in [4.69, 9.17) is 5.73 Å². The molecule has 0 radical (unpaired) electrons. The van der Waals surface area contributed by atoms with Crippen LogP contribution in [0.25, 0.3) is 11.1 Å². The van der Waals surface area contributed by atoms with Crippen molar-refractivity contribution < 1.29 is 4.79 Å². The molecule has 0 saturated carbocycles. The van der Waals surface area contributed by atoms with Crippen LogP contribution in [0.1, 0.15) is 15.9 Å². The Balaban J connectivity index is 2.47. The largest absolute Gasteiger partial charge is 0.324 e. The SMILES string of the molecule is Cc1ccccc1-c1cccc(C(=O)CN)c1. The predicted molar refractivity (Wildman–Crippen MR) is 70.0 cm³/mol. The highest BCUT2D eigenvalue weighted by Gasteiger charge is 2.06. The summed E-state index contributed by atoms with van der Waals surface area (Å²) in [5.41, 5.74) is 9.46. The summed E-state index contributed by atoms with van der Waals surface area (Å²) >= 11 is 0. The van der Waals surface area contributed by atoms with Crippen molar-refractivity contribution in [3.05, 3.63) is 59.7 Å². The zero-order valence-corrected chi connectivity index (χ0v) is 9.81. The Morgan fingerprint density at radius 2 is 1.88 bits per heavy atom. The van der Waals surface area contributed by atoms with Gasteiger partial charge in [-0.2, -0.15) is 0 Å². The summed E-state index contributed by atoms with van der Waals surface area (Å²) in [6.07, 6.45) is 0. The van der Waals surface area contributed by atoms with Gasteiger partial charge in [-0.3, -0.25) is 4.79 Å². The van der Waals surface area contributed by atoms with E-state index < -0.39 is 0 Å². The zero-order chi connectivity index (χ0) is 12.3. The van der Waals surface area contributed by atoms with Gasteiger partial charge in [0.2, 0.25) is 0 Å². The first kappa shape index (κ1) is 11.6. The van der Waals surface area contributed by atoms with Crippen molar-refractivity contribution in [1.29, 1.82) is 0 Å². The molecule has 0 saturated heterocycles. The van der Waals surface area contributed by atoms with Crippen LogP contribution in [0.4, 0.5) is 0 Å². The number of nitrogens with two attached hydrogens (primary N) is 1. The van der Waals surface area contributed by atoms with Crippen LogP contribution in [0.2, 0.25) is 0 Å². The van der Waals surface area contributed by atoms with Crippen LogP contribution in [-0.2, 0) is 0 Å². The van der Waals surface area contributed by atoms with Gasteiger partial charge in [-0.1, -0.05) is 42.5 Å². The maximum absolute atomic E-state index is 11.6. The standard InChI is InChI=1S/C15H15NO/c1-11-5-2-3-8-14(11)12-6-4-7-13(9-12)15(17)10-16/h2-9H,10,16H2,1H3. The van der Waals surface area contributed by atoms with Crippen molar-refractivity contribution >= 4 is 5.78 Å². The number of aryl methyl sites for hydroxylation is 1. The smallest absolute Gasteiger partial charge is 0.176 e. The van der Waals surface area contributed by atoms with E-state index in [1.54, 1.807) is 6.07 Å². The van der Waals surface area contributed by atoms with Crippen LogP contribution < -0.4 is 5.73 Å². The highest BCUT2D eigenvalue weighted by molar-refractivity contribution is 5.98. The minimum Gasteiger partial charge on any atom is -0.324 e. The molecular formula is C15H15NO. The second-order valence-electron chi connectivity index (χ2n) is 4.02.